The normalized spacial score (nSPS) is 16.6. The standard InChI is InChI=1S/C19H19NOS2/c1-12-13(2)23-17-9-18(22-11-16(12)17)19(21)20-8-7-14-5-3-4-6-15(14)10-20/h3-6,9H,7-8,10-11H2,1-2H3. The van der Waals surface area contributed by atoms with Crippen LogP contribution in [0.25, 0.3) is 6.08 Å². The second-order valence-corrected chi connectivity index (χ2v) is 8.44. The molecule has 2 aliphatic rings. The van der Waals surface area contributed by atoms with Gasteiger partial charge in [0, 0.05) is 28.6 Å². The third kappa shape index (κ3) is 2.64. The molecule has 0 spiro atoms. The Kier molecular flexibility index (Phi) is 3.82. The van der Waals surface area contributed by atoms with E-state index < -0.39 is 0 Å². The van der Waals surface area contributed by atoms with Gasteiger partial charge >= 0.3 is 0 Å². The molecule has 2 aliphatic heterocycles. The molecule has 0 atom stereocenters. The first-order valence-corrected chi connectivity index (χ1v) is 9.73. The first-order chi connectivity index (χ1) is 11.1. The van der Waals surface area contributed by atoms with Gasteiger partial charge < -0.3 is 4.90 Å². The summed E-state index contributed by atoms with van der Waals surface area (Å²) in [6.45, 7) is 5.92. The number of hydrogen-bond acceptors (Lipinski definition) is 3. The van der Waals surface area contributed by atoms with Crippen molar-refractivity contribution in [3.8, 4) is 0 Å². The van der Waals surface area contributed by atoms with E-state index in [1.807, 2.05) is 16.2 Å². The van der Waals surface area contributed by atoms with Gasteiger partial charge in [-0.1, -0.05) is 24.3 Å². The second kappa shape index (κ2) is 5.84. The molecule has 0 aliphatic carbocycles. The summed E-state index contributed by atoms with van der Waals surface area (Å²) < 4.78 is 0. The highest BCUT2D eigenvalue weighted by Gasteiger charge is 2.26. The maximum Gasteiger partial charge on any atom is 0.260 e. The van der Waals surface area contributed by atoms with Crippen molar-refractivity contribution in [3.63, 3.8) is 0 Å². The molecule has 1 aromatic carbocycles. The van der Waals surface area contributed by atoms with Gasteiger partial charge in [-0.25, -0.2) is 0 Å². The topological polar surface area (TPSA) is 20.3 Å². The minimum atomic E-state index is 0.193. The molecular weight excluding hydrogens is 322 g/mol. The first-order valence-electron chi connectivity index (χ1n) is 7.93. The largest absolute Gasteiger partial charge is 0.334 e. The summed E-state index contributed by atoms with van der Waals surface area (Å²) in [5.41, 5.74) is 5.48. The lowest BCUT2D eigenvalue weighted by atomic mass is 10.00. The molecule has 0 fully saturated rings. The van der Waals surface area contributed by atoms with E-state index in [0.29, 0.717) is 0 Å². The molecule has 0 N–H and O–H groups in total. The third-order valence-electron chi connectivity index (χ3n) is 4.80. The summed E-state index contributed by atoms with van der Waals surface area (Å²) in [5, 5.41) is 0. The lowest BCUT2D eigenvalue weighted by Crippen LogP contribution is -2.36. The predicted molar refractivity (Wildman–Crippen MR) is 98.6 cm³/mol. The Hall–Kier alpha value is -1.52. The van der Waals surface area contributed by atoms with Gasteiger partial charge in [0.15, 0.2) is 0 Å². The minimum absolute atomic E-state index is 0.193. The number of aryl methyl sites for hydroxylation is 1. The average molecular weight is 342 g/mol. The van der Waals surface area contributed by atoms with Crippen LogP contribution in [-0.2, 0) is 23.5 Å². The van der Waals surface area contributed by atoms with Crippen LogP contribution >= 0.6 is 23.1 Å². The number of benzene rings is 1. The number of fused-ring (bicyclic) bond motifs is 2. The van der Waals surface area contributed by atoms with Crippen molar-refractivity contribution < 1.29 is 4.79 Å². The lowest BCUT2D eigenvalue weighted by Gasteiger charge is -2.30. The van der Waals surface area contributed by atoms with Crippen LogP contribution in [0.15, 0.2) is 29.2 Å². The summed E-state index contributed by atoms with van der Waals surface area (Å²) >= 11 is 3.51. The number of hydrogen-bond donors (Lipinski definition) is 0. The zero-order valence-corrected chi connectivity index (χ0v) is 15.0. The van der Waals surface area contributed by atoms with Crippen LogP contribution in [0, 0.1) is 13.8 Å². The fourth-order valence-electron chi connectivity index (χ4n) is 3.26. The molecule has 0 bridgehead atoms. The predicted octanol–water partition coefficient (Wildman–Crippen LogP) is 4.54. The van der Waals surface area contributed by atoms with Crippen molar-refractivity contribution in [1.29, 1.82) is 0 Å². The van der Waals surface area contributed by atoms with Gasteiger partial charge in [0.1, 0.15) is 0 Å². The van der Waals surface area contributed by atoms with Crippen LogP contribution < -0.4 is 0 Å². The van der Waals surface area contributed by atoms with E-state index in [1.165, 1.54) is 32.0 Å². The molecule has 0 unspecified atom stereocenters. The lowest BCUT2D eigenvalue weighted by molar-refractivity contribution is -0.127. The second-order valence-electron chi connectivity index (χ2n) is 6.17. The van der Waals surface area contributed by atoms with E-state index in [2.05, 4.69) is 44.2 Å². The molecule has 3 heterocycles. The third-order valence-corrected chi connectivity index (χ3v) is 7.04. The zero-order chi connectivity index (χ0) is 16.0. The zero-order valence-electron chi connectivity index (χ0n) is 13.4. The Morgan fingerprint density at radius 2 is 1.96 bits per heavy atom. The van der Waals surface area contributed by atoms with Crippen LogP contribution in [0.2, 0.25) is 0 Å². The van der Waals surface area contributed by atoms with E-state index in [-0.39, 0.29) is 5.91 Å². The molecule has 2 aromatic rings. The summed E-state index contributed by atoms with van der Waals surface area (Å²) in [4.78, 5) is 18.5. The molecule has 2 nitrogen and oxygen atoms in total. The van der Waals surface area contributed by atoms with Crippen molar-refractivity contribution in [3.05, 3.63) is 61.2 Å². The number of thiophene rings is 1. The van der Waals surface area contributed by atoms with Gasteiger partial charge in [0.05, 0.1) is 4.91 Å². The quantitative estimate of drug-likeness (QED) is 0.759. The van der Waals surface area contributed by atoms with Gasteiger partial charge in [0.25, 0.3) is 5.91 Å². The van der Waals surface area contributed by atoms with Crippen molar-refractivity contribution in [2.75, 3.05) is 6.54 Å². The summed E-state index contributed by atoms with van der Waals surface area (Å²) in [6, 6.07) is 8.46. The van der Waals surface area contributed by atoms with Crippen LogP contribution in [0.4, 0.5) is 0 Å². The molecule has 0 saturated carbocycles. The highest BCUT2D eigenvalue weighted by molar-refractivity contribution is 8.03. The maximum atomic E-state index is 12.9. The average Bonchev–Trinajstić information content (AvgIpc) is 2.87. The summed E-state index contributed by atoms with van der Waals surface area (Å²) in [7, 11) is 0. The smallest absolute Gasteiger partial charge is 0.260 e. The number of rotatable bonds is 1. The Balaban J connectivity index is 1.59. The van der Waals surface area contributed by atoms with Crippen LogP contribution in [0.3, 0.4) is 0 Å². The van der Waals surface area contributed by atoms with Gasteiger partial charge in [0.2, 0.25) is 0 Å². The fourth-order valence-corrected chi connectivity index (χ4v) is 5.68. The van der Waals surface area contributed by atoms with Crippen molar-refractivity contribution in [1.82, 2.24) is 4.90 Å². The van der Waals surface area contributed by atoms with E-state index in [0.717, 1.165) is 30.2 Å². The van der Waals surface area contributed by atoms with Crippen LogP contribution in [0.1, 0.15) is 32.0 Å². The Morgan fingerprint density at radius 3 is 2.78 bits per heavy atom. The van der Waals surface area contributed by atoms with E-state index in [9.17, 15) is 4.79 Å². The summed E-state index contributed by atoms with van der Waals surface area (Å²) in [6.07, 6.45) is 3.07. The summed E-state index contributed by atoms with van der Waals surface area (Å²) in [5.74, 6) is 1.12. The molecule has 0 radical (unpaired) electrons. The van der Waals surface area contributed by atoms with E-state index >= 15 is 0 Å². The maximum absolute atomic E-state index is 12.9. The van der Waals surface area contributed by atoms with Crippen molar-refractivity contribution in [2.24, 2.45) is 0 Å². The number of thioether (sulfide) groups is 1. The molecule has 118 valence electrons. The number of carbonyl (C=O) groups excluding carboxylic acids is 1. The monoisotopic (exact) mass is 341 g/mol. The van der Waals surface area contributed by atoms with E-state index in [4.69, 9.17) is 0 Å². The van der Waals surface area contributed by atoms with Crippen molar-refractivity contribution >= 4 is 35.1 Å². The SMILES string of the molecule is Cc1sc2c(c1C)CSC(C(=O)N1CCc3ccccc3C1)=C2. The Bertz CT molecular complexity index is 819. The first kappa shape index (κ1) is 15.0. The minimum Gasteiger partial charge on any atom is -0.334 e. The number of nitrogens with zero attached hydrogens (tertiary/aromatic N) is 1. The van der Waals surface area contributed by atoms with Gasteiger partial charge in [-0.15, -0.1) is 23.1 Å². The molecule has 4 heteroatoms. The molecule has 1 amide bonds. The Morgan fingerprint density at radius 1 is 1.17 bits per heavy atom. The van der Waals surface area contributed by atoms with Gasteiger partial charge in [-0.2, -0.15) is 0 Å². The highest BCUT2D eigenvalue weighted by Crippen LogP contribution is 2.40. The van der Waals surface area contributed by atoms with Crippen LogP contribution in [0.5, 0.6) is 0 Å². The number of amides is 1. The van der Waals surface area contributed by atoms with Gasteiger partial charge in [-0.3, -0.25) is 4.79 Å². The Labute approximate surface area is 145 Å². The highest BCUT2D eigenvalue weighted by atomic mass is 32.2. The number of carbonyl (C=O) groups is 1. The van der Waals surface area contributed by atoms with Crippen LogP contribution in [-0.4, -0.2) is 17.4 Å². The van der Waals surface area contributed by atoms with Gasteiger partial charge in [-0.05, 0) is 48.6 Å². The molecule has 1 aromatic heterocycles. The molecular formula is C19H19NOS2. The molecule has 23 heavy (non-hydrogen) atoms. The molecule has 4 rings (SSSR count). The molecule has 0 saturated heterocycles. The fraction of sp³-hybridized carbons (Fsp3) is 0.316. The van der Waals surface area contributed by atoms with E-state index in [1.54, 1.807) is 11.8 Å². The van der Waals surface area contributed by atoms with Crippen molar-refractivity contribution in [2.45, 2.75) is 32.6 Å².